The van der Waals surface area contributed by atoms with Crippen molar-refractivity contribution in [2.45, 2.75) is 51.2 Å². The maximum Gasteiger partial charge on any atom is 0.191 e. The number of rotatable bonds is 3. The number of methoxy groups -OCH3 is 1. The molecule has 1 aliphatic heterocycles. The van der Waals surface area contributed by atoms with E-state index in [-0.39, 0.29) is 5.60 Å². The first-order valence-corrected chi connectivity index (χ1v) is 6.73. The molecule has 0 saturated heterocycles. The van der Waals surface area contributed by atoms with E-state index in [0.717, 1.165) is 37.8 Å². The highest BCUT2D eigenvalue weighted by Gasteiger charge is 2.34. The minimum absolute atomic E-state index is 0.0164. The first-order chi connectivity index (χ1) is 8.13. The van der Waals surface area contributed by atoms with Crippen LogP contribution in [-0.2, 0) is 4.74 Å². The van der Waals surface area contributed by atoms with Crippen LogP contribution in [0.5, 0.6) is 0 Å². The van der Waals surface area contributed by atoms with Gasteiger partial charge in [0.2, 0.25) is 0 Å². The van der Waals surface area contributed by atoms with Crippen molar-refractivity contribution in [3.05, 3.63) is 0 Å². The summed E-state index contributed by atoms with van der Waals surface area (Å²) in [6, 6.07) is 0.461. The quantitative estimate of drug-likeness (QED) is 0.785. The predicted molar refractivity (Wildman–Crippen MR) is 70.3 cm³/mol. The van der Waals surface area contributed by atoms with Crippen LogP contribution in [0.25, 0.3) is 0 Å². The third kappa shape index (κ3) is 3.12. The van der Waals surface area contributed by atoms with Gasteiger partial charge in [-0.3, -0.25) is 4.99 Å². The molecule has 2 aliphatic rings. The summed E-state index contributed by atoms with van der Waals surface area (Å²) in [5, 5.41) is 6.73. The summed E-state index contributed by atoms with van der Waals surface area (Å²) in [5.74, 6) is 1.78. The van der Waals surface area contributed by atoms with E-state index >= 15 is 0 Å². The SMILES string of the molecule is COC1(CNC2=NCC(C)N2)CCC(C)CC1. The molecule has 0 bridgehead atoms. The van der Waals surface area contributed by atoms with Gasteiger partial charge in [-0.15, -0.1) is 0 Å². The van der Waals surface area contributed by atoms with Crippen LogP contribution in [-0.4, -0.2) is 37.8 Å². The lowest BCUT2D eigenvalue weighted by molar-refractivity contribution is -0.0430. The minimum Gasteiger partial charge on any atom is -0.376 e. The van der Waals surface area contributed by atoms with Gasteiger partial charge < -0.3 is 15.4 Å². The molecule has 1 fully saturated rings. The summed E-state index contributed by atoms with van der Waals surface area (Å²) in [4.78, 5) is 4.42. The monoisotopic (exact) mass is 239 g/mol. The summed E-state index contributed by atoms with van der Waals surface area (Å²) in [5.41, 5.74) is 0.0164. The largest absolute Gasteiger partial charge is 0.376 e. The Morgan fingerprint density at radius 3 is 2.65 bits per heavy atom. The van der Waals surface area contributed by atoms with Crippen molar-refractivity contribution < 1.29 is 4.74 Å². The highest BCUT2D eigenvalue weighted by molar-refractivity contribution is 5.81. The summed E-state index contributed by atoms with van der Waals surface area (Å²) in [7, 11) is 1.84. The molecule has 2 N–H and O–H groups in total. The van der Waals surface area contributed by atoms with Gasteiger partial charge in [0.15, 0.2) is 5.96 Å². The van der Waals surface area contributed by atoms with Crippen LogP contribution in [0.4, 0.5) is 0 Å². The number of aliphatic imine (C=N–C) groups is 1. The predicted octanol–water partition coefficient (Wildman–Crippen LogP) is 1.52. The van der Waals surface area contributed by atoms with Crippen LogP contribution in [0.2, 0.25) is 0 Å². The van der Waals surface area contributed by atoms with Gasteiger partial charge in [0.25, 0.3) is 0 Å². The zero-order chi connectivity index (χ0) is 12.3. The van der Waals surface area contributed by atoms with Crippen molar-refractivity contribution >= 4 is 5.96 Å². The smallest absolute Gasteiger partial charge is 0.191 e. The van der Waals surface area contributed by atoms with Gasteiger partial charge in [-0.05, 0) is 38.5 Å². The van der Waals surface area contributed by atoms with Crippen LogP contribution in [0.1, 0.15) is 39.5 Å². The second-order valence-corrected chi connectivity index (χ2v) is 5.66. The summed E-state index contributed by atoms with van der Waals surface area (Å²) < 4.78 is 5.77. The number of hydrogen-bond donors (Lipinski definition) is 2. The fourth-order valence-electron chi connectivity index (χ4n) is 2.65. The second kappa shape index (κ2) is 5.25. The summed E-state index contributed by atoms with van der Waals surface area (Å²) >= 11 is 0. The summed E-state index contributed by atoms with van der Waals surface area (Å²) in [6.45, 7) is 6.22. The van der Waals surface area contributed by atoms with E-state index in [1.54, 1.807) is 0 Å². The minimum atomic E-state index is 0.0164. The topological polar surface area (TPSA) is 45.6 Å². The molecular weight excluding hydrogens is 214 g/mol. The molecular formula is C13H25N3O. The Hall–Kier alpha value is -0.770. The number of ether oxygens (including phenoxy) is 1. The molecule has 0 amide bonds. The number of nitrogens with zero attached hydrogens (tertiary/aromatic N) is 1. The van der Waals surface area contributed by atoms with Gasteiger partial charge >= 0.3 is 0 Å². The molecule has 98 valence electrons. The van der Waals surface area contributed by atoms with E-state index in [2.05, 4.69) is 29.5 Å². The summed E-state index contributed by atoms with van der Waals surface area (Å²) in [6.07, 6.45) is 4.85. The van der Waals surface area contributed by atoms with Crippen molar-refractivity contribution in [1.82, 2.24) is 10.6 Å². The molecule has 1 unspecified atom stereocenters. The molecule has 4 heteroatoms. The molecule has 1 aliphatic carbocycles. The van der Waals surface area contributed by atoms with Crippen molar-refractivity contribution in [3.8, 4) is 0 Å². The van der Waals surface area contributed by atoms with Crippen LogP contribution < -0.4 is 10.6 Å². The highest BCUT2D eigenvalue weighted by Crippen LogP contribution is 2.33. The third-order valence-corrected chi connectivity index (χ3v) is 4.10. The van der Waals surface area contributed by atoms with Crippen molar-refractivity contribution in [2.24, 2.45) is 10.9 Å². The zero-order valence-corrected chi connectivity index (χ0v) is 11.3. The van der Waals surface area contributed by atoms with Gasteiger partial charge in [-0.25, -0.2) is 0 Å². The van der Waals surface area contributed by atoms with Gasteiger partial charge in [0, 0.05) is 19.7 Å². The van der Waals surface area contributed by atoms with E-state index in [0.29, 0.717) is 6.04 Å². The maximum atomic E-state index is 5.77. The van der Waals surface area contributed by atoms with Crippen LogP contribution in [0, 0.1) is 5.92 Å². The maximum absolute atomic E-state index is 5.77. The molecule has 17 heavy (non-hydrogen) atoms. The number of hydrogen-bond acceptors (Lipinski definition) is 4. The Morgan fingerprint density at radius 2 is 2.12 bits per heavy atom. The van der Waals surface area contributed by atoms with E-state index in [9.17, 15) is 0 Å². The van der Waals surface area contributed by atoms with Crippen molar-refractivity contribution in [1.29, 1.82) is 0 Å². The molecule has 4 nitrogen and oxygen atoms in total. The standard InChI is InChI=1S/C13H25N3O/c1-10-4-6-13(17-3,7-5-10)9-15-12-14-8-11(2)16-12/h10-11H,4-9H2,1-3H3,(H2,14,15,16). The second-order valence-electron chi connectivity index (χ2n) is 5.66. The molecule has 2 rings (SSSR count). The third-order valence-electron chi connectivity index (χ3n) is 4.10. The molecule has 0 spiro atoms. The van der Waals surface area contributed by atoms with Crippen molar-refractivity contribution in [2.75, 3.05) is 20.2 Å². The molecule has 0 aromatic carbocycles. The Bertz CT molecular complexity index is 282. The Morgan fingerprint density at radius 1 is 1.41 bits per heavy atom. The Balaban J connectivity index is 1.83. The molecule has 0 aromatic rings. The lowest BCUT2D eigenvalue weighted by Crippen LogP contribution is -2.49. The van der Waals surface area contributed by atoms with Gasteiger partial charge in [-0.2, -0.15) is 0 Å². The molecule has 1 heterocycles. The molecule has 0 aromatic heterocycles. The van der Waals surface area contributed by atoms with E-state index in [4.69, 9.17) is 4.74 Å². The van der Waals surface area contributed by atoms with Gasteiger partial charge in [0.05, 0.1) is 12.1 Å². The number of nitrogens with one attached hydrogen (secondary N) is 2. The normalized spacial score (nSPS) is 37.5. The van der Waals surface area contributed by atoms with Gasteiger partial charge in [-0.1, -0.05) is 6.92 Å². The van der Waals surface area contributed by atoms with Crippen LogP contribution in [0.3, 0.4) is 0 Å². The lowest BCUT2D eigenvalue weighted by atomic mass is 9.79. The first-order valence-electron chi connectivity index (χ1n) is 6.73. The Labute approximate surface area is 104 Å². The average molecular weight is 239 g/mol. The fourth-order valence-corrected chi connectivity index (χ4v) is 2.65. The highest BCUT2D eigenvalue weighted by atomic mass is 16.5. The zero-order valence-electron chi connectivity index (χ0n) is 11.3. The molecule has 1 saturated carbocycles. The number of guanidine groups is 1. The first kappa shape index (κ1) is 12.7. The van der Waals surface area contributed by atoms with E-state index < -0.39 is 0 Å². The Kier molecular flexibility index (Phi) is 3.92. The molecule has 0 radical (unpaired) electrons. The van der Waals surface area contributed by atoms with E-state index in [1.165, 1.54) is 12.8 Å². The molecule has 1 atom stereocenters. The van der Waals surface area contributed by atoms with Crippen molar-refractivity contribution in [3.63, 3.8) is 0 Å². The van der Waals surface area contributed by atoms with Gasteiger partial charge in [0.1, 0.15) is 0 Å². The van der Waals surface area contributed by atoms with E-state index in [1.807, 2.05) is 7.11 Å². The lowest BCUT2D eigenvalue weighted by Gasteiger charge is -2.38. The fraction of sp³-hybridized carbons (Fsp3) is 0.923. The average Bonchev–Trinajstić information content (AvgIpc) is 2.75. The van der Waals surface area contributed by atoms with Crippen LogP contribution in [0.15, 0.2) is 4.99 Å². The van der Waals surface area contributed by atoms with Crippen LogP contribution >= 0.6 is 0 Å².